The first-order valence-electron chi connectivity index (χ1n) is 6.57. The van der Waals surface area contributed by atoms with Crippen LogP contribution in [0.3, 0.4) is 0 Å². The fourth-order valence-electron chi connectivity index (χ4n) is 2.29. The Kier molecular flexibility index (Phi) is 5.18. The van der Waals surface area contributed by atoms with Crippen LogP contribution in [0, 0.1) is 0 Å². The molecule has 2 N–H and O–H groups in total. The summed E-state index contributed by atoms with van der Waals surface area (Å²) in [6.45, 7) is 3.87. The Balaban J connectivity index is 1.58. The molecule has 19 heavy (non-hydrogen) atoms. The van der Waals surface area contributed by atoms with Crippen molar-refractivity contribution in [1.29, 1.82) is 0 Å². The van der Waals surface area contributed by atoms with Crippen LogP contribution in [-0.4, -0.2) is 48.4 Å². The topological polar surface area (TPSA) is 61.8 Å². The molecule has 1 fully saturated rings. The molecule has 1 aromatic carbocycles. The molecule has 5 nitrogen and oxygen atoms in total. The van der Waals surface area contributed by atoms with Crippen LogP contribution in [0.4, 0.5) is 4.79 Å². The summed E-state index contributed by atoms with van der Waals surface area (Å²) in [5.41, 5.74) is 1.18. The summed E-state index contributed by atoms with van der Waals surface area (Å²) >= 11 is 0. The number of carboxylic acid groups (broad SMARTS) is 1. The zero-order chi connectivity index (χ0) is 13.5. The number of ether oxygens (including phenoxy) is 1. The molecule has 1 saturated heterocycles. The van der Waals surface area contributed by atoms with Crippen molar-refractivity contribution < 1.29 is 14.6 Å². The van der Waals surface area contributed by atoms with E-state index >= 15 is 0 Å². The summed E-state index contributed by atoms with van der Waals surface area (Å²) in [5.74, 6) is 0. The van der Waals surface area contributed by atoms with Crippen LogP contribution in [0.15, 0.2) is 30.3 Å². The van der Waals surface area contributed by atoms with E-state index in [1.54, 1.807) is 0 Å². The molecule has 0 aliphatic carbocycles. The second kappa shape index (κ2) is 7.11. The van der Waals surface area contributed by atoms with Crippen LogP contribution < -0.4 is 5.32 Å². The molecule has 1 heterocycles. The van der Waals surface area contributed by atoms with E-state index in [2.05, 4.69) is 10.2 Å². The van der Waals surface area contributed by atoms with Gasteiger partial charge in [-0.25, -0.2) is 4.79 Å². The van der Waals surface area contributed by atoms with E-state index in [4.69, 9.17) is 9.84 Å². The number of benzene rings is 1. The van der Waals surface area contributed by atoms with Gasteiger partial charge in [0.15, 0.2) is 0 Å². The quantitative estimate of drug-likeness (QED) is 0.765. The Morgan fingerprint density at radius 1 is 1.42 bits per heavy atom. The number of hydrogen-bond donors (Lipinski definition) is 2. The van der Waals surface area contributed by atoms with Crippen LogP contribution in [0.2, 0.25) is 0 Å². The zero-order valence-electron chi connectivity index (χ0n) is 10.9. The van der Waals surface area contributed by atoms with Crippen molar-refractivity contribution in [3.8, 4) is 0 Å². The predicted molar refractivity (Wildman–Crippen MR) is 72.1 cm³/mol. The Bertz CT molecular complexity index is 397. The van der Waals surface area contributed by atoms with Crippen LogP contribution in [0.1, 0.15) is 12.0 Å². The van der Waals surface area contributed by atoms with Gasteiger partial charge in [-0.05, 0) is 12.0 Å². The van der Waals surface area contributed by atoms with Crippen molar-refractivity contribution >= 4 is 6.09 Å². The molecule has 5 heteroatoms. The number of rotatable bonds is 6. The normalized spacial score (nSPS) is 19.5. The molecule has 1 unspecified atom stereocenters. The second-order valence-electron chi connectivity index (χ2n) is 4.77. The third-order valence-corrected chi connectivity index (χ3v) is 3.26. The Hall–Kier alpha value is -1.59. The molecule has 104 valence electrons. The Labute approximate surface area is 113 Å². The maximum absolute atomic E-state index is 10.5. The maximum Gasteiger partial charge on any atom is 0.404 e. The van der Waals surface area contributed by atoms with Gasteiger partial charge in [0.05, 0.1) is 13.2 Å². The number of carbonyl (C=O) groups is 1. The van der Waals surface area contributed by atoms with Crippen LogP contribution in [-0.2, 0) is 11.3 Å². The van der Waals surface area contributed by atoms with Gasteiger partial charge >= 0.3 is 6.09 Å². The van der Waals surface area contributed by atoms with Gasteiger partial charge in [-0.2, -0.15) is 0 Å². The van der Waals surface area contributed by atoms with Crippen molar-refractivity contribution in [3.05, 3.63) is 35.9 Å². The zero-order valence-corrected chi connectivity index (χ0v) is 10.9. The minimum Gasteiger partial charge on any atom is -0.465 e. The van der Waals surface area contributed by atoms with Crippen molar-refractivity contribution in [2.75, 3.05) is 26.2 Å². The SMILES string of the molecule is O=C(O)NC1CCN(CCOCc2ccccc2)C1. The van der Waals surface area contributed by atoms with Crippen molar-refractivity contribution in [3.63, 3.8) is 0 Å². The highest BCUT2D eigenvalue weighted by molar-refractivity contribution is 5.64. The lowest BCUT2D eigenvalue weighted by Gasteiger charge is -2.15. The lowest BCUT2D eigenvalue weighted by Crippen LogP contribution is -2.36. The molecule has 0 aromatic heterocycles. The maximum atomic E-state index is 10.5. The van der Waals surface area contributed by atoms with Gasteiger partial charge in [0.1, 0.15) is 0 Å². The first kappa shape index (κ1) is 13.8. The lowest BCUT2D eigenvalue weighted by atomic mass is 10.2. The molecule has 1 aliphatic heterocycles. The highest BCUT2D eigenvalue weighted by Gasteiger charge is 2.22. The van der Waals surface area contributed by atoms with Gasteiger partial charge in [0.25, 0.3) is 0 Å². The molecular formula is C14H20N2O3. The molecular weight excluding hydrogens is 244 g/mol. The summed E-state index contributed by atoms with van der Waals surface area (Å²) in [6.07, 6.45) is -0.0579. The van der Waals surface area contributed by atoms with Gasteiger partial charge in [-0.1, -0.05) is 30.3 Å². The molecule has 0 spiro atoms. The number of amides is 1. The largest absolute Gasteiger partial charge is 0.465 e. The van der Waals surface area contributed by atoms with Gasteiger partial charge < -0.3 is 15.2 Å². The fourth-order valence-corrected chi connectivity index (χ4v) is 2.29. The Morgan fingerprint density at radius 3 is 2.95 bits per heavy atom. The summed E-state index contributed by atoms with van der Waals surface area (Å²) in [6, 6.07) is 10.1. The van der Waals surface area contributed by atoms with Gasteiger partial charge in [-0.3, -0.25) is 4.90 Å². The molecule has 2 rings (SSSR count). The van der Waals surface area contributed by atoms with Gasteiger partial charge in [0, 0.05) is 25.7 Å². The average Bonchev–Trinajstić information content (AvgIpc) is 2.83. The lowest BCUT2D eigenvalue weighted by molar-refractivity contribution is 0.0986. The summed E-state index contributed by atoms with van der Waals surface area (Å²) < 4.78 is 5.62. The molecule has 0 saturated carbocycles. The van der Waals surface area contributed by atoms with E-state index < -0.39 is 6.09 Å². The van der Waals surface area contributed by atoms with Crippen molar-refractivity contribution in [2.24, 2.45) is 0 Å². The van der Waals surface area contributed by atoms with Gasteiger partial charge in [-0.15, -0.1) is 0 Å². The van der Waals surface area contributed by atoms with E-state index in [0.717, 1.165) is 26.1 Å². The molecule has 0 radical (unpaired) electrons. The minimum atomic E-state index is -0.938. The molecule has 1 aromatic rings. The van der Waals surface area contributed by atoms with E-state index in [-0.39, 0.29) is 6.04 Å². The molecule has 1 aliphatic rings. The van der Waals surface area contributed by atoms with E-state index in [0.29, 0.717) is 13.2 Å². The minimum absolute atomic E-state index is 0.0617. The predicted octanol–water partition coefficient (Wildman–Crippen LogP) is 1.55. The van der Waals surface area contributed by atoms with E-state index in [1.165, 1.54) is 5.56 Å². The second-order valence-corrected chi connectivity index (χ2v) is 4.77. The van der Waals surface area contributed by atoms with E-state index in [9.17, 15) is 4.79 Å². The summed E-state index contributed by atoms with van der Waals surface area (Å²) in [7, 11) is 0. The third kappa shape index (κ3) is 4.89. The van der Waals surface area contributed by atoms with Crippen molar-refractivity contribution in [1.82, 2.24) is 10.2 Å². The third-order valence-electron chi connectivity index (χ3n) is 3.26. The first-order chi connectivity index (χ1) is 9.24. The molecule has 1 atom stereocenters. The number of hydrogen-bond acceptors (Lipinski definition) is 3. The first-order valence-corrected chi connectivity index (χ1v) is 6.57. The van der Waals surface area contributed by atoms with Crippen molar-refractivity contribution in [2.45, 2.75) is 19.1 Å². The standard InChI is InChI=1S/C14H20N2O3/c17-14(18)15-13-6-7-16(10-13)8-9-19-11-12-4-2-1-3-5-12/h1-5,13,15H,6-11H2,(H,17,18). The monoisotopic (exact) mass is 264 g/mol. The molecule has 0 bridgehead atoms. The van der Waals surface area contributed by atoms with Crippen LogP contribution >= 0.6 is 0 Å². The summed E-state index contributed by atoms with van der Waals surface area (Å²) in [4.78, 5) is 12.8. The van der Waals surface area contributed by atoms with E-state index in [1.807, 2.05) is 30.3 Å². The van der Waals surface area contributed by atoms with Crippen LogP contribution in [0.5, 0.6) is 0 Å². The highest BCUT2D eigenvalue weighted by Crippen LogP contribution is 2.08. The van der Waals surface area contributed by atoms with Gasteiger partial charge in [0.2, 0.25) is 0 Å². The summed E-state index contributed by atoms with van der Waals surface area (Å²) in [5, 5.41) is 11.2. The fraction of sp³-hybridized carbons (Fsp3) is 0.500. The van der Waals surface area contributed by atoms with Crippen LogP contribution in [0.25, 0.3) is 0 Å². The smallest absolute Gasteiger partial charge is 0.404 e. The number of likely N-dealkylation sites (tertiary alicyclic amines) is 1. The number of nitrogens with one attached hydrogen (secondary N) is 1. The highest BCUT2D eigenvalue weighted by atomic mass is 16.5. The average molecular weight is 264 g/mol. The molecule has 1 amide bonds. The number of nitrogens with zero attached hydrogens (tertiary/aromatic N) is 1. The Morgan fingerprint density at radius 2 is 2.21 bits per heavy atom.